The van der Waals surface area contributed by atoms with Crippen molar-refractivity contribution >= 4 is 55.2 Å². The van der Waals surface area contributed by atoms with Gasteiger partial charge in [-0.1, -0.05) is 30.3 Å². The molecule has 3 aromatic heterocycles. The highest BCUT2D eigenvalue weighted by atomic mass is 32.2. The molecule has 7 nitrogen and oxygen atoms in total. The number of para-hydroxylation sites is 1. The Balaban J connectivity index is 1.35. The molecule has 166 valence electrons. The number of hydrogen-bond donors (Lipinski definition) is 3. The fraction of sp³-hybridized carbons (Fsp3) is 0.182. The zero-order valence-corrected chi connectivity index (χ0v) is 19.4. The summed E-state index contributed by atoms with van der Waals surface area (Å²) in [6.07, 6.45) is 2.45. The van der Waals surface area contributed by atoms with Crippen LogP contribution in [0.25, 0.3) is 10.9 Å². The van der Waals surface area contributed by atoms with E-state index in [9.17, 15) is 18.0 Å². The summed E-state index contributed by atoms with van der Waals surface area (Å²) in [4.78, 5) is 28.3. The lowest BCUT2D eigenvalue weighted by Gasteiger charge is -2.16. The number of amides is 2. The molecule has 0 radical (unpaired) electrons. The fourth-order valence-corrected chi connectivity index (χ4v) is 7.39. The van der Waals surface area contributed by atoms with Crippen LogP contribution in [-0.2, 0) is 25.8 Å². The minimum atomic E-state index is -3.69. The Labute approximate surface area is 193 Å². The Morgan fingerprint density at radius 3 is 2.44 bits per heavy atom. The summed E-state index contributed by atoms with van der Waals surface area (Å²) < 4.78 is 26.3. The highest BCUT2D eigenvalue weighted by molar-refractivity contribution is 7.93. The lowest BCUT2D eigenvalue weighted by Crippen LogP contribution is -2.42. The Bertz CT molecular complexity index is 1310. The van der Waals surface area contributed by atoms with Gasteiger partial charge >= 0.3 is 11.8 Å². The molecular weight excluding hydrogens is 466 g/mol. The molecule has 4 rings (SSSR count). The van der Waals surface area contributed by atoms with Gasteiger partial charge in [0, 0.05) is 35.1 Å². The number of nitrogens with one attached hydrogen (secondary N) is 3. The van der Waals surface area contributed by atoms with E-state index in [0.717, 1.165) is 27.8 Å². The zero-order chi connectivity index (χ0) is 22.6. The van der Waals surface area contributed by atoms with E-state index in [0.29, 0.717) is 11.3 Å². The maximum atomic E-state index is 13.0. The van der Waals surface area contributed by atoms with Crippen LogP contribution >= 0.6 is 22.7 Å². The molecule has 0 saturated carbocycles. The van der Waals surface area contributed by atoms with E-state index in [2.05, 4.69) is 15.6 Å². The molecule has 0 fully saturated rings. The van der Waals surface area contributed by atoms with E-state index in [1.807, 2.05) is 30.5 Å². The Kier molecular flexibility index (Phi) is 6.73. The minimum Gasteiger partial charge on any atom is -0.361 e. The summed E-state index contributed by atoms with van der Waals surface area (Å²) in [7, 11) is -3.69. The van der Waals surface area contributed by atoms with Gasteiger partial charge in [-0.25, -0.2) is 8.42 Å². The van der Waals surface area contributed by atoms with Crippen molar-refractivity contribution in [3.63, 3.8) is 0 Å². The Hall–Kier alpha value is -2.95. The van der Waals surface area contributed by atoms with Crippen LogP contribution in [0.1, 0.15) is 15.7 Å². The standard InChI is InChI=1S/C22H21N3O4S3/c26-21(23-10-9-15-13-24-17-6-2-1-5-16(15)17)22(27)25-14-19(18-7-3-11-30-18)32(28,29)20-8-4-12-31-20/h1-8,11-13,19,24H,9-10,14H2,(H,23,26)(H,25,27). The van der Waals surface area contributed by atoms with Crippen LogP contribution in [-0.4, -0.2) is 38.3 Å². The molecule has 1 atom stereocenters. The Morgan fingerprint density at radius 1 is 0.938 bits per heavy atom. The number of sulfone groups is 1. The van der Waals surface area contributed by atoms with E-state index in [1.165, 1.54) is 11.3 Å². The SMILES string of the molecule is O=C(NCCc1c[nH]c2ccccc12)C(=O)NCC(c1cccs1)S(=O)(=O)c1cccs1. The van der Waals surface area contributed by atoms with Gasteiger partial charge in [0.2, 0.25) is 0 Å². The van der Waals surface area contributed by atoms with Gasteiger partial charge in [-0.2, -0.15) is 0 Å². The first kappa shape index (κ1) is 22.3. The maximum absolute atomic E-state index is 13.0. The molecule has 0 aliphatic rings. The second kappa shape index (κ2) is 9.68. The summed E-state index contributed by atoms with van der Waals surface area (Å²) >= 11 is 2.43. The van der Waals surface area contributed by atoms with E-state index >= 15 is 0 Å². The number of rotatable bonds is 8. The summed E-state index contributed by atoms with van der Waals surface area (Å²) in [5.74, 6) is -1.64. The van der Waals surface area contributed by atoms with E-state index in [-0.39, 0.29) is 17.3 Å². The average Bonchev–Trinajstić information content (AvgIpc) is 3.55. The van der Waals surface area contributed by atoms with Crippen LogP contribution in [0, 0.1) is 0 Å². The summed E-state index contributed by atoms with van der Waals surface area (Å²) in [5, 5.41) is 8.68. The topological polar surface area (TPSA) is 108 Å². The third kappa shape index (κ3) is 4.77. The molecule has 4 aromatic rings. The molecule has 0 aliphatic heterocycles. The van der Waals surface area contributed by atoms with Crippen LogP contribution in [0.4, 0.5) is 0 Å². The van der Waals surface area contributed by atoms with Crippen molar-refractivity contribution in [1.82, 2.24) is 15.6 Å². The highest BCUT2D eigenvalue weighted by Gasteiger charge is 2.31. The largest absolute Gasteiger partial charge is 0.361 e. The number of H-pyrrole nitrogens is 1. The maximum Gasteiger partial charge on any atom is 0.309 e. The van der Waals surface area contributed by atoms with Crippen molar-refractivity contribution in [2.45, 2.75) is 15.9 Å². The molecular formula is C22H21N3O4S3. The van der Waals surface area contributed by atoms with Gasteiger partial charge < -0.3 is 15.6 Å². The first-order valence-electron chi connectivity index (χ1n) is 9.88. The molecule has 0 saturated heterocycles. The van der Waals surface area contributed by atoms with Gasteiger partial charge in [-0.05, 0) is 40.9 Å². The molecule has 10 heteroatoms. The van der Waals surface area contributed by atoms with Crippen molar-refractivity contribution in [2.24, 2.45) is 0 Å². The van der Waals surface area contributed by atoms with Gasteiger partial charge in [0.1, 0.15) is 9.46 Å². The van der Waals surface area contributed by atoms with Crippen LogP contribution in [0.3, 0.4) is 0 Å². The summed E-state index contributed by atoms with van der Waals surface area (Å²) in [6.45, 7) is 0.103. The molecule has 3 N–H and O–H groups in total. The molecule has 0 bridgehead atoms. The van der Waals surface area contributed by atoms with Gasteiger partial charge in [-0.3, -0.25) is 9.59 Å². The van der Waals surface area contributed by atoms with Gasteiger partial charge in [-0.15, -0.1) is 22.7 Å². The highest BCUT2D eigenvalue weighted by Crippen LogP contribution is 2.33. The van der Waals surface area contributed by atoms with E-state index in [4.69, 9.17) is 0 Å². The molecule has 0 spiro atoms. The number of hydrogen-bond acceptors (Lipinski definition) is 6. The first-order chi connectivity index (χ1) is 15.5. The van der Waals surface area contributed by atoms with Crippen LogP contribution in [0.2, 0.25) is 0 Å². The number of aromatic amines is 1. The molecule has 2 amide bonds. The first-order valence-corrected chi connectivity index (χ1v) is 13.2. The van der Waals surface area contributed by atoms with Gasteiger partial charge in [0.25, 0.3) is 0 Å². The monoisotopic (exact) mass is 487 g/mol. The number of fused-ring (bicyclic) bond motifs is 1. The lowest BCUT2D eigenvalue weighted by molar-refractivity contribution is -0.139. The van der Waals surface area contributed by atoms with Crippen molar-refractivity contribution < 1.29 is 18.0 Å². The number of thiophene rings is 2. The normalized spacial score (nSPS) is 12.5. The van der Waals surface area contributed by atoms with Crippen molar-refractivity contribution in [3.05, 3.63) is 75.9 Å². The third-order valence-corrected chi connectivity index (χ3v) is 9.67. The van der Waals surface area contributed by atoms with Crippen LogP contribution in [0.5, 0.6) is 0 Å². The number of benzene rings is 1. The summed E-state index contributed by atoms with van der Waals surface area (Å²) in [5.41, 5.74) is 2.05. The van der Waals surface area contributed by atoms with Crippen LogP contribution in [0.15, 0.2) is 69.7 Å². The zero-order valence-electron chi connectivity index (χ0n) is 16.9. The lowest BCUT2D eigenvalue weighted by atomic mass is 10.1. The smallest absolute Gasteiger partial charge is 0.309 e. The summed E-state index contributed by atoms with van der Waals surface area (Å²) in [6, 6.07) is 14.5. The van der Waals surface area contributed by atoms with Crippen LogP contribution < -0.4 is 10.6 Å². The fourth-order valence-electron chi connectivity index (χ4n) is 3.40. The predicted octanol–water partition coefficient (Wildman–Crippen LogP) is 3.28. The second-order valence-electron chi connectivity index (χ2n) is 7.06. The van der Waals surface area contributed by atoms with E-state index < -0.39 is 26.9 Å². The second-order valence-corrected chi connectivity index (χ2v) is 11.3. The predicted molar refractivity (Wildman–Crippen MR) is 127 cm³/mol. The van der Waals surface area contributed by atoms with Crippen molar-refractivity contribution in [3.8, 4) is 0 Å². The molecule has 3 heterocycles. The van der Waals surface area contributed by atoms with E-state index in [1.54, 1.807) is 35.0 Å². The number of aromatic nitrogens is 1. The quantitative estimate of drug-likeness (QED) is 0.332. The molecule has 32 heavy (non-hydrogen) atoms. The average molecular weight is 488 g/mol. The minimum absolute atomic E-state index is 0.185. The molecule has 0 aliphatic carbocycles. The molecule has 1 unspecified atom stereocenters. The third-order valence-electron chi connectivity index (χ3n) is 5.02. The van der Waals surface area contributed by atoms with Crippen molar-refractivity contribution in [2.75, 3.05) is 13.1 Å². The van der Waals surface area contributed by atoms with Crippen molar-refractivity contribution in [1.29, 1.82) is 0 Å². The van der Waals surface area contributed by atoms with Gasteiger partial charge in [0.15, 0.2) is 9.84 Å². The Morgan fingerprint density at radius 2 is 1.69 bits per heavy atom. The molecule has 1 aromatic carbocycles. The number of carbonyl (C=O) groups is 2. The number of carbonyl (C=O) groups excluding carboxylic acids is 2. The van der Waals surface area contributed by atoms with Gasteiger partial charge in [0.05, 0.1) is 0 Å².